The Morgan fingerprint density at radius 1 is 1.42 bits per heavy atom. The summed E-state index contributed by atoms with van der Waals surface area (Å²) in [5.41, 5.74) is 2.04. The Morgan fingerprint density at radius 3 is 2.74 bits per heavy atom. The molecule has 1 aromatic heterocycles. The summed E-state index contributed by atoms with van der Waals surface area (Å²) in [4.78, 5) is 15.0. The molecule has 1 N–H and O–H groups in total. The molecule has 1 heterocycles. The lowest BCUT2D eigenvalue weighted by atomic mass is 10.2. The first-order valence-corrected chi connectivity index (χ1v) is 7.45. The molecule has 0 aliphatic heterocycles. The van der Waals surface area contributed by atoms with Crippen LogP contribution in [0, 0.1) is 6.92 Å². The molecule has 0 amide bonds. The SMILES string of the molecule is Cc1cn(Cc2ccc(Br)cc2)c(SCC(=O)O)n1. The van der Waals surface area contributed by atoms with Crippen molar-refractivity contribution in [2.24, 2.45) is 0 Å². The number of aryl methyl sites for hydroxylation is 1. The van der Waals surface area contributed by atoms with Gasteiger partial charge in [-0.05, 0) is 24.6 Å². The molecule has 0 bridgehead atoms. The van der Waals surface area contributed by atoms with Crippen LogP contribution in [0.5, 0.6) is 0 Å². The topological polar surface area (TPSA) is 55.1 Å². The van der Waals surface area contributed by atoms with Crippen LogP contribution in [0.3, 0.4) is 0 Å². The number of aromatic nitrogens is 2. The van der Waals surface area contributed by atoms with Gasteiger partial charge in [0.25, 0.3) is 0 Å². The second kappa shape index (κ2) is 6.25. The Morgan fingerprint density at radius 2 is 2.11 bits per heavy atom. The first kappa shape index (κ1) is 14.1. The highest BCUT2D eigenvalue weighted by Gasteiger charge is 2.09. The second-order valence-electron chi connectivity index (χ2n) is 4.10. The lowest BCUT2D eigenvalue weighted by Crippen LogP contribution is -2.03. The van der Waals surface area contributed by atoms with Crippen LogP contribution in [-0.4, -0.2) is 26.4 Å². The molecule has 0 spiro atoms. The summed E-state index contributed by atoms with van der Waals surface area (Å²) in [5, 5.41) is 9.47. The van der Waals surface area contributed by atoms with Crippen molar-refractivity contribution in [1.82, 2.24) is 9.55 Å². The van der Waals surface area contributed by atoms with Crippen molar-refractivity contribution in [3.63, 3.8) is 0 Å². The van der Waals surface area contributed by atoms with E-state index in [1.807, 2.05) is 42.0 Å². The number of aliphatic carboxylic acids is 1. The van der Waals surface area contributed by atoms with E-state index in [0.717, 1.165) is 20.9 Å². The molecule has 1 aromatic carbocycles. The molecule has 4 nitrogen and oxygen atoms in total. The van der Waals surface area contributed by atoms with Crippen LogP contribution in [0.1, 0.15) is 11.3 Å². The predicted molar refractivity (Wildman–Crippen MR) is 78.6 cm³/mol. The van der Waals surface area contributed by atoms with E-state index in [0.29, 0.717) is 6.54 Å². The number of carboxylic acids is 1. The number of thioether (sulfide) groups is 1. The number of halogens is 1. The van der Waals surface area contributed by atoms with Crippen molar-refractivity contribution >= 4 is 33.7 Å². The predicted octanol–water partition coefficient (Wildman–Crippen LogP) is 3.18. The monoisotopic (exact) mass is 340 g/mol. The van der Waals surface area contributed by atoms with Crippen molar-refractivity contribution in [1.29, 1.82) is 0 Å². The van der Waals surface area contributed by atoms with E-state index in [9.17, 15) is 4.79 Å². The number of nitrogens with zero attached hydrogens (tertiary/aromatic N) is 2. The van der Waals surface area contributed by atoms with Crippen molar-refractivity contribution in [2.45, 2.75) is 18.6 Å². The second-order valence-corrected chi connectivity index (χ2v) is 5.96. The number of benzene rings is 1. The quantitative estimate of drug-likeness (QED) is 0.849. The van der Waals surface area contributed by atoms with Crippen LogP contribution in [0.4, 0.5) is 0 Å². The lowest BCUT2D eigenvalue weighted by Gasteiger charge is -2.06. The molecule has 0 unspecified atom stereocenters. The molecule has 0 saturated heterocycles. The van der Waals surface area contributed by atoms with Crippen LogP contribution in [0.15, 0.2) is 40.1 Å². The summed E-state index contributed by atoms with van der Waals surface area (Å²) < 4.78 is 3.02. The van der Waals surface area contributed by atoms with Gasteiger partial charge in [-0.1, -0.05) is 39.8 Å². The van der Waals surface area contributed by atoms with Gasteiger partial charge in [0, 0.05) is 17.2 Å². The maximum Gasteiger partial charge on any atom is 0.313 e. The molecule has 2 aromatic rings. The standard InChI is InChI=1S/C13H13BrN2O2S/c1-9-6-16(13(15-9)19-8-12(17)18)7-10-2-4-11(14)5-3-10/h2-6H,7-8H2,1H3,(H,17,18). The third-order valence-electron chi connectivity index (χ3n) is 2.45. The Hall–Kier alpha value is -1.27. The molecule has 0 atom stereocenters. The third-order valence-corrected chi connectivity index (χ3v) is 3.96. The summed E-state index contributed by atoms with van der Waals surface area (Å²) in [6.07, 6.45) is 1.94. The van der Waals surface area contributed by atoms with Gasteiger partial charge >= 0.3 is 5.97 Å². The fraction of sp³-hybridized carbons (Fsp3) is 0.231. The first-order valence-electron chi connectivity index (χ1n) is 5.67. The van der Waals surface area contributed by atoms with Gasteiger partial charge in [-0.2, -0.15) is 0 Å². The average molecular weight is 341 g/mol. The van der Waals surface area contributed by atoms with E-state index >= 15 is 0 Å². The van der Waals surface area contributed by atoms with Crippen LogP contribution in [0.25, 0.3) is 0 Å². The minimum absolute atomic E-state index is 0.0246. The van der Waals surface area contributed by atoms with E-state index < -0.39 is 5.97 Å². The van der Waals surface area contributed by atoms with E-state index in [1.165, 1.54) is 11.8 Å². The number of hydrogen-bond acceptors (Lipinski definition) is 3. The summed E-state index contributed by atoms with van der Waals surface area (Å²) in [5.74, 6) is -0.808. The van der Waals surface area contributed by atoms with Gasteiger partial charge in [0.1, 0.15) is 0 Å². The van der Waals surface area contributed by atoms with E-state index in [4.69, 9.17) is 5.11 Å². The molecular weight excluding hydrogens is 328 g/mol. The summed E-state index contributed by atoms with van der Waals surface area (Å²) in [7, 11) is 0. The van der Waals surface area contributed by atoms with Crippen LogP contribution in [-0.2, 0) is 11.3 Å². The molecule has 6 heteroatoms. The fourth-order valence-electron chi connectivity index (χ4n) is 1.67. The van der Waals surface area contributed by atoms with Gasteiger partial charge in [0.15, 0.2) is 5.16 Å². The van der Waals surface area contributed by atoms with Gasteiger partial charge in [-0.3, -0.25) is 4.79 Å². The Kier molecular flexibility index (Phi) is 4.66. The highest BCUT2D eigenvalue weighted by molar-refractivity contribution is 9.10. The van der Waals surface area contributed by atoms with E-state index in [2.05, 4.69) is 20.9 Å². The number of rotatable bonds is 5. The van der Waals surface area contributed by atoms with Gasteiger partial charge in [-0.25, -0.2) is 4.98 Å². The molecule has 0 aliphatic rings. The number of imidazole rings is 1. The van der Waals surface area contributed by atoms with Gasteiger partial charge in [-0.15, -0.1) is 0 Å². The Balaban J connectivity index is 2.15. The van der Waals surface area contributed by atoms with Crippen LogP contribution in [0.2, 0.25) is 0 Å². The van der Waals surface area contributed by atoms with Crippen molar-refractivity contribution in [3.05, 3.63) is 46.2 Å². The fourth-order valence-corrected chi connectivity index (χ4v) is 2.67. The molecule has 2 rings (SSSR count). The smallest absolute Gasteiger partial charge is 0.313 e. The number of carbonyl (C=O) groups is 1. The lowest BCUT2D eigenvalue weighted by molar-refractivity contribution is -0.133. The molecule has 0 radical (unpaired) electrons. The summed E-state index contributed by atoms with van der Waals surface area (Å²) in [6, 6.07) is 8.04. The molecule has 0 fully saturated rings. The highest BCUT2D eigenvalue weighted by atomic mass is 79.9. The molecule has 100 valence electrons. The van der Waals surface area contributed by atoms with E-state index in [-0.39, 0.29) is 5.75 Å². The average Bonchev–Trinajstić information content (AvgIpc) is 2.70. The maximum atomic E-state index is 10.6. The van der Waals surface area contributed by atoms with Crippen molar-refractivity contribution < 1.29 is 9.90 Å². The summed E-state index contributed by atoms with van der Waals surface area (Å²) >= 11 is 4.64. The van der Waals surface area contributed by atoms with Gasteiger partial charge < -0.3 is 9.67 Å². The minimum Gasteiger partial charge on any atom is -0.481 e. The number of hydrogen-bond donors (Lipinski definition) is 1. The van der Waals surface area contributed by atoms with Crippen LogP contribution >= 0.6 is 27.7 Å². The van der Waals surface area contributed by atoms with Crippen molar-refractivity contribution in [2.75, 3.05) is 5.75 Å². The highest BCUT2D eigenvalue weighted by Crippen LogP contribution is 2.19. The zero-order chi connectivity index (χ0) is 13.8. The number of carboxylic acid groups (broad SMARTS) is 1. The first-order chi connectivity index (χ1) is 9.04. The zero-order valence-corrected chi connectivity index (χ0v) is 12.7. The van der Waals surface area contributed by atoms with Crippen LogP contribution < -0.4 is 0 Å². The van der Waals surface area contributed by atoms with E-state index in [1.54, 1.807) is 0 Å². The van der Waals surface area contributed by atoms with Gasteiger partial charge in [0.2, 0.25) is 0 Å². The molecule has 0 aliphatic carbocycles. The third kappa shape index (κ3) is 4.11. The molecule has 19 heavy (non-hydrogen) atoms. The normalized spacial score (nSPS) is 10.6. The molecule has 0 saturated carbocycles. The molecular formula is C13H13BrN2O2S. The van der Waals surface area contributed by atoms with Gasteiger partial charge in [0.05, 0.1) is 11.4 Å². The minimum atomic E-state index is -0.833. The Labute approximate surface area is 124 Å². The summed E-state index contributed by atoms with van der Waals surface area (Å²) in [6.45, 7) is 2.60. The zero-order valence-electron chi connectivity index (χ0n) is 10.3. The largest absolute Gasteiger partial charge is 0.481 e. The maximum absolute atomic E-state index is 10.6. The van der Waals surface area contributed by atoms with Crippen molar-refractivity contribution in [3.8, 4) is 0 Å². The Bertz CT molecular complexity index is 581.